The van der Waals surface area contributed by atoms with Gasteiger partial charge in [0.1, 0.15) is 5.78 Å². The first kappa shape index (κ1) is 16.9. The second-order valence-electron chi connectivity index (χ2n) is 5.25. The molecule has 0 fully saturated rings. The summed E-state index contributed by atoms with van der Waals surface area (Å²) in [7, 11) is 0. The van der Waals surface area contributed by atoms with Gasteiger partial charge in [-0.25, -0.2) is 0 Å². The lowest BCUT2D eigenvalue weighted by Gasteiger charge is -2.07. The van der Waals surface area contributed by atoms with E-state index in [0.717, 1.165) is 18.4 Å². The molecule has 0 saturated heterocycles. The molecule has 0 heterocycles. The molecule has 2 nitrogen and oxygen atoms in total. The zero-order valence-electron chi connectivity index (χ0n) is 12.0. The SMILES string of the molecule is C=C(C)C[C@H](C#N)CC(=O)CCCCCCCC. The molecule has 0 radical (unpaired) electrons. The van der Waals surface area contributed by atoms with Crippen LogP contribution in [0.5, 0.6) is 0 Å². The van der Waals surface area contributed by atoms with Crippen LogP contribution in [0.15, 0.2) is 12.2 Å². The normalized spacial score (nSPS) is 11.8. The molecule has 0 aliphatic rings. The molecular formula is C16H27NO. The molecular weight excluding hydrogens is 222 g/mol. The van der Waals surface area contributed by atoms with Crippen molar-refractivity contribution in [3.8, 4) is 6.07 Å². The minimum atomic E-state index is -0.171. The van der Waals surface area contributed by atoms with Crippen LogP contribution in [-0.4, -0.2) is 5.78 Å². The molecule has 0 saturated carbocycles. The summed E-state index contributed by atoms with van der Waals surface area (Å²) in [5.41, 5.74) is 0.980. The monoisotopic (exact) mass is 249 g/mol. The Morgan fingerprint density at radius 1 is 1.17 bits per heavy atom. The van der Waals surface area contributed by atoms with E-state index in [-0.39, 0.29) is 11.7 Å². The molecule has 0 aromatic carbocycles. The number of Topliss-reactive ketones (excluding diaryl/α,β-unsaturated/α-hetero) is 1. The number of carbonyl (C=O) groups excluding carboxylic acids is 1. The first-order chi connectivity index (χ1) is 8.60. The van der Waals surface area contributed by atoms with Gasteiger partial charge in [-0.2, -0.15) is 5.26 Å². The highest BCUT2D eigenvalue weighted by Gasteiger charge is 2.12. The fourth-order valence-corrected chi connectivity index (χ4v) is 2.06. The largest absolute Gasteiger partial charge is 0.300 e. The molecule has 0 aliphatic heterocycles. The zero-order chi connectivity index (χ0) is 13.8. The van der Waals surface area contributed by atoms with Gasteiger partial charge in [-0.05, 0) is 19.8 Å². The number of ketones is 1. The van der Waals surface area contributed by atoms with Gasteiger partial charge in [0.25, 0.3) is 0 Å². The Balaban J connectivity index is 3.63. The summed E-state index contributed by atoms with van der Waals surface area (Å²) in [5.74, 6) is 0.0633. The van der Waals surface area contributed by atoms with E-state index in [1.165, 1.54) is 25.7 Å². The minimum Gasteiger partial charge on any atom is -0.300 e. The number of allylic oxidation sites excluding steroid dienone is 1. The van der Waals surface area contributed by atoms with Crippen molar-refractivity contribution in [3.63, 3.8) is 0 Å². The third-order valence-electron chi connectivity index (χ3n) is 3.06. The summed E-state index contributed by atoms with van der Waals surface area (Å²) >= 11 is 0. The molecule has 0 N–H and O–H groups in total. The van der Waals surface area contributed by atoms with E-state index in [0.29, 0.717) is 19.3 Å². The standard InChI is InChI=1S/C16H27NO/c1-4-5-6-7-8-9-10-16(18)12-15(13-17)11-14(2)3/h15H,2,4-12H2,1,3H3/t15-/m0/s1. The minimum absolute atomic E-state index is 0.171. The van der Waals surface area contributed by atoms with Crippen LogP contribution in [0.25, 0.3) is 0 Å². The van der Waals surface area contributed by atoms with Gasteiger partial charge in [0.15, 0.2) is 0 Å². The van der Waals surface area contributed by atoms with Crippen molar-refractivity contribution in [1.82, 2.24) is 0 Å². The van der Waals surface area contributed by atoms with Crippen LogP contribution in [0, 0.1) is 17.2 Å². The molecule has 0 rings (SSSR count). The average molecular weight is 249 g/mol. The highest BCUT2D eigenvalue weighted by Crippen LogP contribution is 2.16. The predicted octanol–water partition coefficient (Wildman–Crippen LogP) is 4.80. The molecule has 0 spiro atoms. The lowest BCUT2D eigenvalue weighted by Crippen LogP contribution is -2.07. The molecule has 2 heteroatoms. The van der Waals surface area contributed by atoms with Gasteiger partial charge in [0, 0.05) is 12.8 Å². The summed E-state index contributed by atoms with van der Waals surface area (Å²) < 4.78 is 0. The summed E-state index contributed by atoms with van der Waals surface area (Å²) in [5, 5.41) is 8.95. The smallest absolute Gasteiger partial charge is 0.134 e. The van der Waals surface area contributed by atoms with Crippen LogP contribution in [0.4, 0.5) is 0 Å². The van der Waals surface area contributed by atoms with Crippen molar-refractivity contribution in [2.24, 2.45) is 5.92 Å². The Morgan fingerprint density at radius 3 is 2.33 bits per heavy atom. The molecule has 0 aliphatic carbocycles. The molecule has 1 atom stereocenters. The molecule has 0 aromatic rings. The Hall–Kier alpha value is -1.10. The highest BCUT2D eigenvalue weighted by molar-refractivity contribution is 5.78. The summed E-state index contributed by atoms with van der Waals surface area (Å²) in [6, 6.07) is 2.20. The Labute approximate surface area is 112 Å². The molecule has 0 bridgehead atoms. The van der Waals surface area contributed by atoms with Crippen LogP contribution in [0.3, 0.4) is 0 Å². The van der Waals surface area contributed by atoms with Gasteiger partial charge < -0.3 is 0 Å². The van der Waals surface area contributed by atoms with Crippen molar-refractivity contribution in [2.45, 2.75) is 71.6 Å². The first-order valence-electron chi connectivity index (χ1n) is 7.15. The van der Waals surface area contributed by atoms with Gasteiger partial charge in [-0.3, -0.25) is 4.79 Å². The van der Waals surface area contributed by atoms with Crippen molar-refractivity contribution >= 4 is 5.78 Å². The Kier molecular flexibility index (Phi) is 10.3. The zero-order valence-corrected chi connectivity index (χ0v) is 12.0. The van der Waals surface area contributed by atoms with E-state index < -0.39 is 0 Å². The summed E-state index contributed by atoms with van der Waals surface area (Å²) in [4.78, 5) is 11.7. The maximum absolute atomic E-state index is 11.7. The number of rotatable bonds is 11. The number of nitriles is 1. The lowest BCUT2D eigenvalue weighted by atomic mass is 9.95. The number of hydrogen-bond donors (Lipinski definition) is 0. The highest BCUT2D eigenvalue weighted by atomic mass is 16.1. The van der Waals surface area contributed by atoms with Crippen LogP contribution < -0.4 is 0 Å². The maximum Gasteiger partial charge on any atom is 0.134 e. The fraction of sp³-hybridized carbons (Fsp3) is 0.750. The molecule has 0 unspecified atom stereocenters. The molecule has 18 heavy (non-hydrogen) atoms. The number of nitrogens with zero attached hydrogens (tertiary/aromatic N) is 1. The van der Waals surface area contributed by atoms with Crippen molar-refractivity contribution in [2.75, 3.05) is 0 Å². The van der Waals surface area contributed by atoms with Gasteiger partial charge in [0.05, 0.1) is 12.0 Å². The number of unbranched alkanes of at least 4 members (excludes halogenated alkanes) is 5. The van der Waals surface area contributed by atoms with Crippen LogP contribution >= 0.6 is 0 Å². The van der Waals surface area contributed by atoms with E-state index in [9.17, 15) is 4.79 Å². The average Bonchev–Trinajstić information content (AvgIpc) is 2.32. The van der Waals surface area contributed by atoms with Crippen molar-refractivity contribution in [1.29, 1.82) is 5.26 Å². The lowest BCUT2D eigenvalue weighted by molar-refractivity contribution is -0.119. The van der Waals surface area contributed by atoms with Crippen molar-refractivity contribution < 1.29 is 4.79 Å². The van der Waals surface area contributed by atoms with Gasteiger partial charge in [0.2, 0.25) is 0 Å². The van der Waals surface area contributed by atoms with Crippen molar-refractivity contribution in [3.05, 3.63) is 12.2 Å². The molecule has 0 aromatic heterocycles. The second kappa shape index (κ2) is 11.0. The number of hydrogen-bond acceptors (Lipinski definition) is 2. The van der Waals surface area contributed by atoms with E-state index in [2.05, 4.69) is 19.6 Å². The first-order valence-corrected chi connectivity index (χ1v) is 7.15. The summed E-state index contributed by atoms with van der Waals surface area (Å²) in [6.45, 7) is 7.90. The van der Waals surface area contributed by atoms with Gasteiger partial charge in [-0.15, -0.1) is 6.58 Å². The molecule has 0 amide bonds. The Bertz CT molecular complexity index is 288. The van der Waals surface area contributed by atoms with E-state index >= 15 is 0 Å². The fourth-order valence-electron chi connectivity index (χ4n) is 2.06. The van der Waals surface area contributed by atoms with Gasteiger partial charge in [-0.1, -0.05) is 44.6 Å². The van der Waals surface area contributed by atoms with E-state index in [4.69, 9.17) is 5.26 Å². The van der Waals surface area contributed by atoms with Gasteiger partial charge >= 0.3 is 0 Å². The van der Waals surface area contributed by atoms with Crippen LogP contribution in [0.1, 0.15) is 71.6 Å². The third kappa shape index (κ3) is 10.1. The molecule has 102 valence electrons. The van der Waals surface area contributed by atoms with E-state index in [1.54, 1.807) is 0 Å². The maximum atomic E-state index is 11.7. The predicted molar refractivity (Wildman–Crippen MR) is 76.2 cm³/mol. The number of carbonyl (C=O) groups is 1. The quantitative estimate of drug-likeness (QED) is 0.390. The third-order valence-corrected chi connectivity index (χ3v) is 3.06. The van der Waals surface area contributed by atoms with Crippen LogP contribution in [0.2, 0.25) is 0 Å². The topological polar surface area (TPSA) is 40.9 Å². The second-order valence-corrected chi connectivity index (χ2v) is 5.25. The summed E-state index contributed by atoms with van der Waals surface area (Å²) in [6.07, 6.45) is 8.87. The van der Waals surface area contributed by atoms with Crippen LogP contribution in [-0.2, 0) is 4.79 Å². The Morgan fingerprint density at radius 2 is 1.78 bits per heavy atom. The van der Waals surface area contributed by atoms with E-state index in [1.807, 2.05) is 6.92 Å².